The van der Waals surface area contributed by atoms with Gasteiger partial charge in [0, 0.05) is 6.42 Å². The highest BCUT2D eigenvalue weighted by atomic mass is 79.9. The number of hydrazine groups is 1. The number of aryl methyl sites for hydroxylation is 2. The van der Waals surface area contributed by atoms with Crippen molar-refractivity contribution >= 4 is 45.1 Å². The number of carbonyl (C=O) groups is 2. The molecule has 148 valence electrons. The number of rotatable bonds is 7. The Hall–Kier alpha value is -2.45. The number of hydrogen-bond acceptors (Lipinski definition) is 4. The largest absolute Gasteiger partial charge is 0.483 e. The number of thiocarbonyl (C=S) groups is 1. The van der Waals surface area contributed by atoms with Gasteiger partial charge in [0.05, 0.1) is 4.47 Å². The van der Waals surface area contributed by atoms with Gasteiger partial charge in [-0.2, -0.15) is 0 Å². The summed E-state index contributed by atoms with van der Waals surface area (Å²) in [4.78, 5) is 23.8. The molecular weight excluding hydrogens is 442 g/mol. The lowest BCUT2D eigenvalue weighted by Gasteiger charge is -2.12. The van der Waals surface area contributed by atoms with Gasteiger partial charge in [-0.15, -0.1) is 0 Å². The second-order valence-electron chi connectivity index (χ2n) is 5.94. The molecular formula is C20H22BrN3O3S. The van der Waals surface area contributed by atoms with Crippen LogP contribution in [0.15, 0.2) is 53.0 Å². The summed E-state index contributed by atoms with van der Waals surface area (Å²) in [6.07, 6.45) is 1.84. The molecule has 0 radical (unpaired) electrons. The zero-order valence-corrected chi connectivity index (χ0v) is 17.9. The molecule has 3 N–H and O–H groups in total. The van der Waals surface area contributed by atoms with E-state index in [0.717, 1.165) is 22.0 Å². The van der Waals surface area contributed by atoms with E-state index < -0.39 is 5.91 Å². The molecule has 0 saturated heterocycles. The van der Waals surface area contributed by atoms with E-state index in [1.165, 1.54) is 0 Å². The molecule has 2 aromatic rings. The molecule has 0 saturated carbocycles. The molecule has 8 heteroatoms. The lowest BCUT2D eigenvalue weighted by atomic mass is 10.1. The Morgan fingerprint density at radius 1 is 1.04 bits per heavy atom. The molecule has 0 aliphatic heterocycles. The Kier molecular flexibility index (Phi) is 8.90. The molecule has 0 aliphatic rings. The monoisotopic (exact) mass is 463 g/mol. The van der Waals surface area contributed by atoms with Crippen LogP contribution in [0.25, 0.3) is 0 Å². The molecule has 2 aromatic carbocycles. The second kappa shape index (κ2) is 11.4. The zero-order chi connectivity index (χ0) is 20.4. The standard InChI is InChI=1S/C20H22BrN3O3S/c1-2-14-8-10-17(16(21)12-14)27-13-19(26)22-20(28)24-23-18(25)11-9-15-6-4-3-5-7-15/h3-8,10,12H,2,9,11,13H2,1H3,(H,23,25)(H2,22,24,26,28). The summed E-state index contributed by atoms with van der Waals surface area (Å²) < 4.78 is 6.26. The number of amides is 2. The average Bonchev–Trinajstić information content (AvgIpc) is 2.70. The maximum Gasteiger partial charge on any atom is 0.264 e. The van der Waals surface area contributed by atoms with E-state index in [4.69, 9.17) is 17.0 Å². The molecule has 28 heavy (non-hydrogen) atoms. The third-order valence-corrected chi connectivity index (χ3v) is 4.64. The minimum atomic E-state index is -0.428. The number of hydrogen-bond donors (Lipinski definition) is 3. The summed E-state index contributed by atoms with van der Waals surface area (Å²) in [5.74, 6) is -0.0837. The van der Waals surface area contributed by atoms with Crippen LogP contribution in [0, 0.1) is 0 Å². The van der Waals surface area contributed by atoms with Crippen LogP contribution < -0.4 is 20.9 Å². The average molecular weight is 464 g/mol. The van der Waals surface area contributed by atoms with Gasteiger partial charge in [-0.3, -0.25) is 25.8 Å². The first-order chi connectivity index (χ1) is 13.5. The highest BCUT2D eigenvalue weighted by Gasteiger charge is 2.09. The SMILES string of the molecule is CCc1ccc(OCC(=O)NC(=S)NNC(=O)CCc2ccccc2)c(Br)c1. The van der Waals surface area contributed by atoms with Gasteiger partial charge in [0.25, 0.3) is 5.91 Å². The fourth-order valence-corrected chi connectivity index (χ4v) is 3.02. The van der Waals surface area contributed by atoms with E-state index >= 15 is 0 Å². The number of nitrogens with one attached hydrogen (secondary N) is 3. The Balaban J connectivity index is 1.66. The van der Waals surface area contributed by atoms with Crippen LogP contribution in [0.3, 0.4) is 0 Å². The van der Waals surface area contributed by atoms with Gasteiger partial charge in [0.1, 0.15) is 5.75 Å². The van der Waals surface area contributed by atoms with Crippen molar-refractivity contribution in [3.05, 3.63) is 64.1 Å². The van der Waals surface area contributed by atoms with Gasteiger partial charge in [-0.05, 0) is 64.2 Å². The van der Waals surface area contributed by atoms with Gasteiger partial charge >= 0.3 is 0 Å². The summed E-state index contributed by atoms with van der Waals surface area (Å²) >= 11 is 8.41. The minimum absolute atomic E-state index is 0.00191. The molecule has 0 heterocycles. The molecule has 2 amide bonds. The molecule has 6 nitrogen and oxygen atoms in total. The molecule has 2 rings (SSSR count). The van der Waals surface area contributed by atoms with Crippen molar-refractivity contribution in [1.82, 2.24) is 16.2 Å². The predicted octanol–water partition coefficient (Wildman–Crippen LogP) is 3.05. The summed E-state index contributed by atoms with van der Waals surface area (Å²) in [7, 11) is 0. The topological polar surface area (TPSA) is 79.5 Å². The first-order valence-corrected chi connectivity index (χ1v) is 10.0. The van der Waals surface area contributed by atoms with Crippen LogP contribution in [-0.4, -0.2) is 23.5 Å². The van der Waals surface area contributed by atoms with Gasteiger partial charge in [-0.25, -0.2) is 0 Å². The number of carbonyl (C=O) groups excluding carboxylic acids is 2. The van der Waals surface area contributed by atoms with E-state index in [1.54, 1.807) is 6.07 Å². The van der Waals surface area contributed by atoms with Crippen LogP contribution in [0.2, 0.25) is 0 Å². The van der Waals surface area contributed by atoms with Crippen molar-refractivity contribution in [1.29, 1.82) is 0 Å². The Morgan fingerprint density at radius 2 is 1.79 bits per heavy atom. The molecule has 0 aliphatic carbocycles. The molecule has 0 aromatic heterocycles. The fourth-order valence-electron chi connectivity index (χ4n) is 2.31. The molecule has 0 spiro atoms. The summed E-state index contributed by atoms with van der Waals surface area (Å²) in [5.41, 5.74) is 7.21. The van der Waals surface area contributed by atoms with E-state index in [9.17, 15) is 9.59 Å². The maximum absolute atomic E-state index is 11.9. The summed E-state index contributed by atoms with van der Waals surface area (Å²) in [5, 5.41) is 2.45. The van der Waals surface area contributed by atoms with Crippen molar-refractivity contribution in [3.63, 3.8) is 0 Å². The number of ether oxygens (including phenoxy) is 1. The van der Waals surface area contributed by atoms with E-state index in [0.29, 0.717) is 18.6 Å². The van der Waals surface area contributed by atoms with Gasteiger partial charge in [0.15, 0.2) is 11.7 Å². The van der Waals surface area contributed by atoms with Crippen LogP contribution in [0.1, 0.15) is 24.5 Å². The van der Waals surface area contributed by atoms with E-state index in [1.807, 2.05) is 42.5 Å². The van der Waals surface area contributed by atoms with Crippen molar-refractivity contribution in [2.24, 2.45) is 0 Å². The number of benzene rings is 2. The summed E-state index contributed by atoms with van der Waals surface area (Å²) in [6, 6.07) is 15.4. The van der Waals surface area contributed by atoms with Crippen molar-refractivity contribution in [3.8, 4) is 5.75 Å². The lowest BCUT2D eigenvalue weighted by molar-refractivity contribution is -0.123. The first kappa shape index (κ1) is 21.8. The first-order valence-electron chi connectivity index (χ1n) is 8.81. The number of halogens is 1. The smallest absolute Gasteiger partial charge is 0.264 e. The van der Waals surface area contributed by atoms with Crippen LogP contribution in [0.4, 0.5) is 0 Å². The zero-order valence-electron chi connectivity index (χ0n) is 15.5. The Bertz CT molecular complexity index is 831. The third kappa shape index (κ3) is 7.66. The van der Waals surface area contributed by atoms with Gasteiger partial charge in [-0.1, -0.05) is 43.3 Å². The van der Waals surface area contributed by atoms with E-state index in [-0.39, 0.29) is 17.6 Å². The highest BCUT2D eigenvalue weighted by Crippen LogP contribution is 2.26. The fraction of sp³-hybridized carbons (Fsp3) is 0.250. The minimum Gasteiger partial charge on any atom is -0.483 e. The quantitative estimate of drug-likeness (QED) is 0.434. The van der Waals surface area contributed by atoms with Crippen LogP contribution >= 0.6 is 28.1 Å². The van der Waals surface area contributed by atoms with Crippen molar-refractivity contribution < 1.29 is 14.3 Å². The Labute approximate surface area is 178 Å². The maximum atomic E-state index is 11.9. The normalized spacial score (nSPS) is 10.1. The predicted molar refractivity (Wildman–Crippen MR) is 116 cm³/mol. The van der Waals surface area contributed by atoms with E-state index in [2.05, 4.69) is 39.0 Å². The highest BCUT2D eigenvalue weighted by molar-refractivity contribution is 9.10. The molecule has 0 atom stereocenters. The third-order valence-electron chi connectivity index (χ3n) is 3.82. The van der Waals surface area contributed by atoms with Gasteiger partial charge < -0.3 is 4.74 Å². The molecule has 0 bridgehead atoms. The second-order valence-corrected chi connectivity index (χ2v) is 7.21. The van der Waals surface area contributed by atoms with Crippen molar-refractivity contribution in [2.45, 2.75) is 26.2 Å². The van der Waals surface area contributed by atoms with Crippen LogP contribution in [0.5, 0.6) is 5.75 Å². The summed E-state index contributed by atoms with van der Waals surface area (Å²) in [6.45, 7) is 1.86. The lowest BCUT2D eigenvalue weighted by Crippen LogP contribution is -2.49. The van der Waals surface area contributed by atoms with Gasteiger partial charge in [0.2, 0.25) is 5.91 Å². The Morgan fingerprint density at radius 3 is 2.46 bits per heavy atom. The van der Waals surface area contributed by atoms with Crippen molar-refractivity contribution in [2.75, 3.05) is 6.61 Å². The van der Waals surface area contributed by atoms with Crippen LogP contribution in [-0.2, 0) is 22.4 Å². The molecule has 0 fully saturated rings. The molecule has 0 unspecified atom stereocenters.